The van der Waals surface area contributed by atoms with E-state index in [9.17, 15) is 9.59 Å². The summed E-state index contributed by atoms with van der Waals surface area (Å²) in [5.74, 6) is -0.690. The Labute approximate surface area is 119 Å². The molecule has 0 saturated carbocycles. The van der Waals surface area contributed by atoms with Gasteiger partial charge < -0.3 is 10.4 Å². The van der Waals surface area contributed by atoms with Crippen molar-refractivity contribution >= 4 is 11.9 Å². The zero-order valence-corrected chi connectivity index (χ0v) is 12.0. The normalized spacial score (nSPS) is 10.4. The Morgan fingerprint density at radius 3 is 2.65 bits per heavy atom. The fourth-order valence-corrected chi connectivity index (χ4v) is 1.96. The Kier molecular flexibility index (Phi) is 7.39. The van der Waals surface area contributed by atoms with E-state index in [1.807, 2.05) is 13.1 Å². The predicted octanol–water partition coefficient (Wildman–Crippen LogP) is 1.50. The zero-order valence-electron chi connectivity index (χ0n) is 12.0. The van der Waals surface area contributed by atoms with E-state index in [0.717, 1.165) is 25.0 Å². The first-order valence-corrected chi connectivity index (χ1v) is 7.05. The smallest absolute Gasteiger partial charge is 0.303 e. The van der Waals surface area contributed by atoms with Crippen molar-refractivity contribution in [3.63, 3.8) is 0 Å². The molecule has 0 atom stereocenters. The van der Waals surface area contributed by atoms with Crippen molar-refractivity contribution < 1.29 is 14.7 Å². The minimum Gasteiger partial charge on any atom is -0.481 e. The lowest BCUT2D eigenvalue weighted by Gasteiger charge is -2.05. The molecule has 1 rings (SSSR count). The van der Waals surface area contributed by atoms with E-state index in [1.54, 1.807) is 10.9 Å². The summed E-state index contributed by atoms with van der Waals surface area (Å²) in [6.07, 6.45) is 6.59. The minimum absolute atomic E-state index is 0.0525. The van der Waals surface area contributed by atoms with E-state index in [2.05, 4.69) is 10.4 Å². The van der Waals surface area contributed by atoms with Crippen LogP contribution in [0.5, 0.6) is 0 Å². The fraction of sp³-hybridized carbons (Fsp3) is 0.643. The number of nitrogens with zero attached hydrogens (tertiary/aromatic N) is 2. The maximum atomic E-state index is 11.6. The SMILES string of the molecule is Cn1nccc1CCC(=O)NCCCCCCC(=O)O. The topological polar surface area (TPSA) is 84.2 Å². The van der Waals surface area contributed by atoms with Crippen molar-refractivity contribution in [2.45, 2.75) is 44.9 Å². The molecule has 0 aromatic carbocycles. The van der Waals surface area contributed by atoms with Crippen LogP contribution in [0.1, 0.15) is 44.2 Å². The number of carboxylic acid groups (broad SMARTS) is 1. The first kappa shape index (κ1) is 16.2. The molecule has 2 N–H and O–H groups in total. The highest BCUT2D eigenvalue weighted by atomic mass is 16.4. The second-order valence-corrected chi connectivity index (χ2v) is 4.85. The van der Waals surface area contributed by atoms with Crippen LogP contribution in [0, 0.1) is 0 Å². The van der Waals surface area contributed by atoms with E-state index < -0.39 is 5.97 Å². The van der Waals surface area contributed by atoms with Gasteiger partial charge in [-0.15, -0.1) is 0 Å². The van der Waals surface area contributed by atoms with Crippen LogP contribution in [0.25, 0.3) is 0 Å². The third kappa shape index (κ3) is 6.92. The lowest BCUT2D eigenvalue weighted by atomic mass is 10.1. The molecule has 0 aliphatic rings. The Balaban J connectivity index is 1.98. The summed E-state index contributed by atoms with van der Waals surface area (Å²) >= 11 is 0. The van der Waals surface area contributed by atoms with Crippen molar-refractivity contribution in [2.75, 3.05) is 6.54 Å². The number of aryl methyl sites for hydroxylation is 2. The quantitative estimate of drug-likeness (QED) is 0.637. The van der Waals surface area contributed by atoms with Gasteiger partial charge in [-0.1, -0.05) is 12.8 Å². The summed E-state index contributed by atoms with van der Waals surface area (Å²) in [4.78, 5) is 21.9. The lowest BCUT2D eigenvalue weighted by Crippen LogP contribution is -2.24. The van der Waals surface area contributed by atoms with Crippen LogP contribution in [0.3, 0.4) is 0 Å². The molecule has 1 aromatic rings. The maximum absolute atomic E-state index is 11.6. The number of aliphatic carboxylic acids is 1. The first-order chi connectivity index (χ1) is 9.59. The minimum atomic E-state index is -0.742. The van der Waals surface area contributed by atoms with Gasteiger partial charge in [0.1, 0.15) is 0 Å². The van der Waals surface area contributed by atoms with Crippen molar-refractivity contribution in [1.82, 2.24) is 15.1 Å². The third-order valence-electron chi connectivity index (χ3n) is 3.17. The van der Waals surface area contributed by atoms with Crippen LogP contribution in [0.2, 0.25) is 0 Å². The number of rotatable bonds is 10. The largest absolute Gasteiger partial charge is 0.481 e. The van der Waals surface area contributed by atoms with E-state index in [0.29, 0.717) is 25.8 Å². The molecule has 0 unspecified atom stereocenters. The number of carbonyl (C=O) groups is 2. The Morgan fingerprint density at radius 2 is 2.00 bits per heavy atom. The molecule has 0 bridgehead atoms. The average Bonchev–Trinajstić information content (AvgIpc) is 2.80. The molecule has 0 radical (unpaired) electrons. The lowest BCUT2D eigenvalue weighted by molar-refractivity contribution is -0.137. The Morgan fingerprint density at radius 1 is 1.25 bits per heavy atom. The van der Waals surface area contributed by atoms with Gasteiger partial charge in [0.2, 0.25) is 5.91 Å². The van der Waals surface area contributed by atoms with Crippen LogP contribution in [-0.4, -0.2) is 33.3 Å². The summed E-state index contributed by atoms with van der Waals surface area (Å²) < 4.78 is 1.77. The van der Waals surface area contributed by atoms with Gasteiger partial charge in [0.25, 0.3) is 0 Å². The summed E-state index contributed by atoms with van der Waals surface area (Å²) in [6.45, 7) is 0.664. The molecule has 1 aromatic heterocycles. The number of unbranched alkanes of at least 4 members (excludes halogenated alkanes) is 3. The van der Waals surface area contributed by atoms with Gasteiger partial charge in [0.05, 0.1) is 0 Å². The molecular weight excluding hydrogens is 258 g/mol. The average molecular weight is 281 g/mol. The standard InChI is InChI=1S/C14H23N3O3/c1-17-12(9-11-16-17)7-8-13(18)15-10-5-3-2-4-6-14(19)20/h9,11H,2-8,10H2,1H3,(H,15,18)(H,19,20). The Hall–Kier alpha value is -1.85. The second-order valence-electron chi connectivity index (χ2n) is 4.85. The number of hydrogen-bond donors (Lipinski definition) is 2. The van der Waals surface area contributed by atoms with Gasteiger partial charge in [0, 0.05) is 38.3 Å². The van der Waals surface area contributed by atoms with Gasteiger partial charge in [-0.2, -0.15) is 5.10 Å². The van der Waals surface area contributed by atoms with Crippen molar-refractivity contribution in [3.8, 4) is 0 Å². The number of hydrogen-bond acceptors (Lipinski definition) is 3. The first-order valence-electron chi connectivity index (χ1n) is 7.05. The maximum Gasteiger partial charge on any atom is 0.303 e. The summed E-state index contributed by atoms with van der Waals surface area (Å²) in [5, 5.41) is 15.4. The van der Waals surface area contributed by atoms with Crippen molar-refractivity contribution in [1.29, 1.82) is 0 Å². The predicted molar refractivity (Wildman–Crippen MR) is 75.3 cm³/mol. The number of nitrogens with one attached hydrogen (secondary N) is 1. The zero-order chi connectivity index (χ0) is 14.8. The highest BCUT2D eigenvalue weighted by Gasteiger charge is 2.04. The number of carbonyl (C=O) groups excluding carboxylic acids is 1. The van der Waals surface area contributed by atoms with Crippen molar-refractivity contribution in [2.24, 2.45) is 7.05 Å². The fourth-order valence-electron chi connectivity index (χ4n) is 1.96. The molecule has 112 valence electrons. The van der Waals surface area contributed by atoms with Crippen LogP contribution in [0.4, 0.5) is 0 Å². The molecule has 1 amide bonds. The molecule has 0 spiro atoms. The molecule has 0 fully saturated rings. The van der Waals surface area contributed by atoms with Gasteiger partial charge in [0.15, 0.2) is 0 Å². The molecule has 6 nitrogen and oxygen atoms in total. The summed E-state index contributed by atoms with van der Waals surface area (Å²) in [5.41, 5.74) is 1.05. The Bertz CT molecular complexity index is 429. The molecule has 20 heavy (non-hydrogen) atoms. The molecular formula is C14H23N3O3. The van der Waals surface area contributed by atoms with Crippen LogP contribution >= 0.6 is 0 Å². The van der Waals surface area contributed by atoms with E-state index >= 15 is 0 Å². The van der Waals surface area contributed by atoms with Crippen molar-refractivity contribution in [3.05, 3.63) is 18.0 Å². The molecule has 0 aliphatic carbocycles. The third-order valence-corrected chi connectivity index (χ3v) is 3.17. The van der Waals surface area contributed by atoms with E-state index in [1.165, 1.54) is 0 Å². The van der Waals surface area contributed by atoms with Gasteiger partial charge in [-0.3, -0.25) is 14.3 Å². The van der Waals surface area contributed by atoms with Crippen LogP contribution in [-0.2, 0) is 23.1 Å². The van der Waals surface area contributed by atoms with E-state index in [-0.39, 0.29) is 12.3 Å². The molecule has 6 heteroatoms. The highest BCUT2D eigenvalue weighted by Crippen LogP contribution is 2.03. The second kappa shape index (κ2) is 9.12. The highest BCUT2D eigenvalue weighted by molar-refractivity contribution is 5.76. The molecule has 0 aliphatic heterocycles. The van der Waals surface area contributed by atoms with Crippen LogP contribution in [0.15, 0.2) is 12.3 Å². The number of carboxylic acids is 1. The number of amides is 1. The van der Waals surface area contributed by atoms with Crippen LogP contribution < -0.4 is 5.32 Å². The van der Waals surface area contributed by atoms with E-state index in [4.69, 9.17) is 5.11 Å². The van der Waals surface area contributed by atoms with Gasteiger partial charge in [-0.05, 0) is 25.3 Å². The summed E-state index contributed by atoms with van der Waals surface area (Å²) in [7, 11) is 1.87. The van der Waals surface area contributed by atoms with Gasteiger partial charge >= 0.3 is 5.97 Å². The van der Waals surface area contributed by atoms with Gasteiger partial charge in [-0.25, -0.2) is 0 Å². The number of aromatic nitrogens is 2. The monoisotopic (exact) mass is 281 g/mol. The molecule has 0 saturated heterocycles. The molecule has 1 heterocycles. The summed E-state index contributed by atoms with van der Waals surface area (Å²) in [6, 6.07) is 1.91.